The summed E-state index contributed by atoms with van der Waals surface area (Å²) in [4.78, 5) is 28.5. The largest absolute Gasteiger partial charge is 0.336 e. The molecule has 1 amide bonds. The van der Waals surface area contributed by atoms with E-state index in [1.807, 2.05) is 22.4 Å². The Balaban J connectivity index is 1.25. The van der Waals surface area contributed by atoms with Gasteiger partial charge >= 0.3 is 0 Å². The van der Waals surface area contributed by atoms with E-state index >= 15 is 0 Å². The van der Waals surface area contributed by atoms with Crippen LogP contribution in [-0.4, -0.2) is 67.7 Å². The fourth-order valence-corrected chi connectivity index (χ4v) is 5.87. The van der Waals surface area contributed by atoms with Crippen LogP contribution in [0, 0.1) is 0 Å². The van der Waals surface area contributed by atoms with Crippen molar-refractivity contribution in [3.8, 4) is 16.5 Å². The number of rotatable bonds is 5. The molecule has 1 saturated heterocycles. The molecule has 3 aromatic rings. The van der Waals surface area contributed by atoms with Gasteiger partial charge in [-0.25, -0.2) is 14.6 Å². The fourth-order valence-electron chi connectivity index (χ4n) is 5.17. The molecule has 6 rings (SSSR count). The van der Waals surface area contributed by atoms with Crippen LogP contribution in [0.5, 0.6) is 0 Å². The van der Waals surface area contributed by atoms with Crippen molar-refractivity contribution in [2.45, 2.75) is 50.5 Å². The van der Waals surface area contributed by atoms with Crippen molar-refractivity contribution in [2.75, 3.05) is 26.2 Å². The lowest BCUT2D eigenvalue weighted by Gasteiger charge is -2.38. The molecule has 0 unspecified atom stereocenters. The number of amides is 1. The third kappa shape index (κ3) is 3.75. The molecule has 166 valence electrons. The van der Waals surface area contributed by atoms with Gasteiger partial charge in [-0.3, -0.25) is 9.69 Å². The Morgan fingerprint density at radius 3 is 2.56 bits per heavy atom. The van der Waals surface area contributed by atoms with Gasteiger partial charge in [0, 0.05) is 44.3 Å². The average Bonchev–Trinajstić information content (AvgIpc) is 3.27. The SMILES string of the molecule is O=C(c1cnn(-c2nccc(-c3cccs3)n2)c1C1CC1)N1CCN(C2CCCC2)CC1. The number of nitrogens with zero attached hydrogens (tertiary/aromatic N) is 6. The third-order valence-electron chi connectivity index (χ3n) is 7.05. The van der Waals surface area contributed by atoms with Crippen molar-refractivity contribution in [3.63, 3.8) is 0 Å². The lowest BCUT2D eigenvalue weighted by atomic mass is 10.1. The van der Waals surface area contributed by atoms with Gasteiger partial charge in [-0.1, -0.05) is 18.9 Å². The summed E-state index contributed by atoms with van der Waals surface area (Å²) in [5.41, 5.74) is 2.60. The minimum atomic E-state index is 0.110. The highest BCUT2D eigenvalue weighted by Crippen LogP contribution is 2.42. The third-order valence-corrected chi connectivity index (χ3v) is 7.94. The summed E-state index contributed by atoms with van der Waals surface area (Å²) in [5, 5.41) is 6.65. The molecular formula is C24H28N6OS. The Labute approximate surface area is 192 Å². The quantitative estimate of drug-likeness (QED) is 0.591. The molecule has 4 heterocycles. The van der Waals surface area contributed by atoms with E-state index in [9.17, 15) is 4.79 Å². The van der Waals surface area contributed by atoms with E-state index in [0.717, 1.165) is 66.9 Å². The molecule has 0 bridgehead atoms. The van der Waals surface area contributed by atoms with Crippen LogP contribution in [0.1, 0.15) is 60.5 Å². The zero-order valence-electron chi connectivity index (χ0n) is 18.2. The van der Waals surface area contributed by atoms with Gasteiger partial charge in [0.25, 0.3) is 11.9 Å². The summed E-state index contributed by atoms with van der Waals surface area (Å²) in [5.74, 6) is 1.02. The lowest BCUT2D eigenvalue weighted by molar-refractivity contribution is 0.0572. The van der Waals surface area contributed by atoms with Crippen LogP contribution in [0.15, 0.2) is 36.0 Å². The van der Waals surface area contributed by atoms with Gasteiger partial charge in [0.05, 0.1) is 28.0 Å². The molecule has 0 radical (unpaired) electrons. The normalized spacial score (nSPS) is 20.2. The zero-order valence-corrected chi connectivity index (χ0v) is 19.0. The van der Waals surface area contributed by atoms with Crippen molar-refractivity contribution in [2.24, 2.45) is 0 Å². The maximum absolute atomic E-state index is 13.5. The highest BCUT2D eigenvalue weighted by atomic mass is 32.1. The van der Waals surface area contributed by atoms with Gasteiger partial charge in [-0.15, -0.1) is 11.3 Å². The summed E-state index contributed by atoms with van der Waals surface area (Å²) in [6.07, 6.45) is 11.0. The first kappa shape index (κ1) is 20.1. The molecule has 7 nitrogen and oxygen atoms in total. The van der Waals surface area contributed by atoms with E-state index in [4.69, 9.17) is 4.98 Å². The first-order chi connectivity index (χ1) is 15.8. The van der Waals surface area contributed by atoms with E-state index in [-0.39, 0.29) is 5.91 Å². The van der Waals surface area contributed by atoms with Gasteiger partial charge < -0.3 is 4.90 Å². The van der Waals surface area contributed by atoms with Crippen molar-refractivity contribution in [1.29, 1.82) is 0 Å². The molecule has 3 fully saturated rings. The van der Waals surface area contributed by atoms with E-state index in [1.54, 1.807) is 28.4 Å². The predicted octanol–water partition coefficient (Wildman–Crippen LogP) is 3.97. The molecule has 1 aliphatic heterocycles. The smallest absolute Gasteiger partial charge is 0.257 e. The van der Waals surface area contributed by atoms with E-state index in [0.29, 0.717) is 11.9 Å². The minimum absolute atomic E-state index is 0.110. The van der Waals surface area contributed by atoms with Crippen LogP contribution in [0.2, 0.25) is 0 Å². The summed E-state index contributed by atoms with van der Waals surface area (Å²) in [6.45, 7) is 3.56. The molecule has 32 heavy (non-hydrogen) atoms. The topological polar surface area (TPSA) is 67.2 Å². The molecule has 0 spiro atoms. The molecule has 0 aromatic carbocycles. The van der Waals surface area contributed by atoms with Crippen molar-refractivity contribution in [3.05, 3.63) is 47.2 Å². The Kier molecular flexibility index (Phi) is 5.27. The molecule has 8 heteroatoms. The lowest BCUT2D eigenvalue weighted by Crippen LogP contribution is -2.51. The molecule has 3 aliphatic rings. The Morgan fingerprint density at radius 2 is 1.84 bits per heavy atom. The second kappa shape index (κ2) is 8.41. The number of piperazine rings is 1. The first-order valence-corrected chi connectivity index (χ1v) is 12.6. The van der Waals surface area contributed by atoms with Gasteiger partial charge in [0.15, 0.2) is 0 Å². The monoisotopic (exact) mass is 448 g/mol. The Morgan fingerprint density at radius 1 is 1.03 bits per heavy atom. The van der Waals surface area contributed by atoms with Crippen LogP contribution < -0.4 is 0 Å². The fraction of sp³-hybridized carbons (Fsp3) is 0.500. The predicted molar refractivity (Wildman–Crippen MR) is 124 cm³/mol. The summed E-state index contributed by atoms with van der Waals surface area (Å²) < 4.78 is 1.80. The number of aromatic nitrogens is 4. The van der Waals surface area contributed by atoms with Crippen molar-refractivity contribution < 1.29 is 4.79 Å². The van der Waals surface area contributed by atoms with Crippen LogP contribution in [0.25, 0.3) is 16.5 Å². The minimum Gasteiger partial charge on any atom is -0.336 e. The zero-order chi connectivity index (χ0) is 21.5. The summed E-state index contributed by atoms with van der Waals surface area (Å²) >= 11 is 1.66. The highest BCUT2D eigenvalue weighted by Gasteiger charge is 2.36. The van der Waals surface area contributed by atoms with Crippen molar-refractivity contribution in [1.82, 2.24) is 29.5 Å². The molecule has 0 atom stereocenters. The van der Waals surface area contributed by atoms with Crippen LogP contribution in [0.4, 0.5) is 0 Å². The molecule has 0 N–H and O–H groups in total. The number of carbonyl (C=O) groups excluding carboxylic acids is 1. The second-order valence-corrected chi connectivity index (χ2v) is 10.1. The number of carbonyl (C=O) groups is 1. The molecule has 3 aromatic heterocycles. The number of thiophene rings is 1. The molecule has 2 saturated carbocycles. The Hall–Kier alpha value is -2.58. The van der Waals surface area contributed by atoms with Crippen LogP contribution >= 0.6 is 11.3 Å². The van der Waals surface area contributed by atoms with Gasteiger partial charge in [-0.2, -0.15) is 5.10 Å². The number of hydrogen-bond acceptors (Lipinski definition) is 6. The van der Waals surface area contributed by atoms with Crippen LogP contribution in [0.3, 0.4) is 0 Å². The standard InChI is InChI=1S/C24H28N6OS/c31-23(29-13-11-28(12-14-29)18-4-1-2-5-18)19-16-26-30(22(19)17-7-8-17)24-25-10-9-20(27-24)21-6-3-15-32-21/h3,6,9-10,15-18H,1-2,4-5,7-8,11-14H2. The maximum atomic E-state index is 13.5. The maximum Gasteiger partial charge on any atom is 0.257 e. The van der Waals surface area contributed by atoms with E-state index in [2.05, 4.69) is 21.0 Å². The first-order valence-electron chi connectivity index (χ1n) is 11.8. The Bertz CT molecular complexity index is 1090. The van der Waals surface area contributed by atoms with Gasteiger partial charge in [-0.05, 0) is 43.2 Å². The highest BCUT2D eigenvalue weighted by molar-refractivity contribution is 7.13. The average molecular weight is 449 g/mol. The molecular weight excluding hydrogens is 420 g/mol. The van der Waals surface area contributed by atoms with E-state index < -0.39 is 0 Å². The second-order valence-electron chi connectivity index (χ2n) is 9.12. The van der Waals surface area contributed by atoms with E-state index in [1.165, 1.54) is 25.7 Å². The number of hydrogen-bond donors (Lipinski definition) is 0. The van der Waals surface area contributed by atoms with Gasteiger partial charge in [0.2, 0.25) is 0 Å². The summed E-state index contributed by atoms with van der Waals surface area (Å²) in [7, 11) is 0. The summed E-state index contributed by atoms with van der Waals surface area (Å²) in [6, 6.07) is 6.73. The van der Waals surface area contributed by atoms with Crippen LogP contribution in [-0.2, 0) is 0 Å². The van der Waals surface area contributed by atoms with Crippen molar-refractivity contribution >= 4 is 17.2 Å². The van der Waals surface area contributed by atoms with Gasteiger partial charge in [0.1, 0.15) is 0 Å². The molecule has 2 aliphatic carbocycles.